The monoisotopic (exact) mass is 203 g/mol. The molecular formula is C12H13NO2. The molecule has 78 valence electrons. The third kappa shape index (κ3) is 3.06. The third-order valence-electron chi connectivity index (χ3n) is 2.16. The number of non-ortho nitro benzene ring substituents is 1. The number of hydrogen-bond donors (Lipinski definition) is 0. The zero-order valence-electron chi connectivity index (χ0n) is 8.86. The average molecular weight is 203 g/mol. The minimum absolute atomic E-state index is 0.111. The first-order chi connectivity index (χ1) is 7.00. The molecule has 0 heterocycles. The Kier molecular flexibility index (Phi) is 3.39. The molecule has 0 saturated heterocycles. The van der Waals surface area contributed by atoms with Crippen molar-refractivity contribution in [3.63, 3.8) is 0 Å². The number of hydrogen-bond acceptors (Lipinski definition) is 2. The summed E-state index contributed by atoms with van der Waals surface area (Å²) in [6.45, 7) is 7.71. The molecule has 0 aliphatic rings. The highest BCUT2D eigenvalue weighted by Gasteiger charge is 2.02. The summed E-state index contributed by atoms with van der Waals surface area (Å²) < 4.78 is 0. The Morgan fingerprint density at radius 2 is 1.87 bits per heavy atom. The number of benzene rings is 1. The molecule has 0 amide bonds. The quantitative estimate of drug-likeness (QED) is 0.428. The van der Waals surface area contributed by atoms with Crippen molar-refractivity contribution in [1.82, 2.24) is 0 Å². The molecule has 1 aromatic carbocycles. The van der Waals surface area contributed by atoms with E-state index in [1.165, 1.54) is 12.1 Å². The van der Waals surface area contributed by atoms with Crippen LogP contribution in [0.1, 0.15) is 19.4 Å². The van der Waals surface area contributed by atoms with E-state index in [0.29, 0.717) is 0 Å². The normalized spacial score (nSPS) is 11.2. The van der Waals surface area contributed by atoms with Gasteiger partial charge in [-0.1, -0.05) is 18.2 Å². The van der Waals surface area contributed by atoms with E-state index in [0.717, 1.165) is 16.7 Å². The number of nitrogens with zero attached hydrogens (tertiary/aromatic N) is 1. The summed E-state index contributed by atoms with van der Waals surface area (Å²) in [5.41, 5.74) is 3.12. The van der Waals surface area contributed by atoms with Crippen LogP contribution in [-0.4, -0.2) is 4.92 Å². The summed E-state index contributed by atoms with van der Waals surface area (Å²) >= 11 is 0. The first-order valence-electron chi connectivity index (χ1n) is 4.59. The van der Waals surface area contributed by atoms with E-state index in [9.17, 15) is 10.1 Å². The predicted molar refractivity (Wildman–Crippen MR) is 61.6 cm³/mol. The van der Waals surface area contributed by atoms with Crippen molar-refractivity contribution in [2.45, 2.75) is 13.8 Å². The lowest BCUT2D eigenvalue weighted by molar-refractivity contribution is -0.384. The molecule has 0 bridgehead atoms. The second-order valence-corrected chi connectivity index (χ2v) is 3.46. The molecule has 15 heavy (non-hydrogen) atoms. The average Bonchev–Trinajstić information content (AvgIpc) is 2.18. The lowest BCUT2D eigenvalue weighted by Crippen LogP contribution is -1.87. The van der Waals surface area contributed by atoms with Gasteiger partial charge >= 0.3 is 0 Å². The molecule has 1 aromatic rings. The summed E-state index contributed by atoms with van der Waals surface area (Å²) in [6, 6.07) is 6.45. The molecule has 0 aromatic heterocycles. The molecule has 3 nitrogen and oxygen atoms in total. The van der Waals surface area contributed by atoms with Crippen molar-refractivity contribution >= 4 is 11.8 Å². The fraction of sp³-hybridized carbons (Fsp3) is 0.167. The molecule has 0 spiro atoms. The Morgan fingerprint density at radius 1 is 1.33 bits per heavy atom. The van der Waals surface area contributed by atoms with E-state index in [2.05, 4.69) is 6.58 Å². The first-order valence-corrected chi connectivity index (χ1v) is 4.59. The van der Waals surface area contributed by atoms with E-state index in [1.54, 1.807) is 12.1 Å². The molecule has 0 fully saturated rings. The van der Waals surface area contributed by atoms with Crippen LogP contribution in [0.5, 0.6) is 0 Å². The predicted octanol–water partition coefficient (Wildman–Crippen LogP) is 3.57. The van der Waals surface area contributed by atoms with Gasteiger partial charge in [-0.05, 0) is 37.1 Å². The van der Waals surface area contributed by atoms with Crippen LogP contribution in [0.4, 0.5) is 5.69 Å². The summed E-state index contributed by atoms with van der Waals surface area (Å²) in [7, 11) is 0. The lowest BCUT2D eigenvalue weighted by atomic mass is 10.1. The zero-order chi connectivity index (χ0) is 11.4. The van der Waals surface area contributed by atoms with Crippen molar-refractivity contribution in [1.29, 1.82) is 0 Å². The van der Waals surface area contributed by atoms with Crippen LogP contribution in [0.2, 0.25) is 0 Å². The van der Waals surface area contributed by atoms with Gasteiger partial charge in [0.2, 0.25) is 0 Å². The maximum atomic E-state index is 10.4. The lowest BCUT2D eigenvalue weighted by Gasteiger charge is -1.99. The maximum Gasteiger partial charge on any atom is 0.269 e. The second-order valence-electron chi connectivity index (χ2n) is 3.46. The summed E-state index contributed by atoms with van der Waals surface area (Å²) in [5.74, 6) is 0. The van der Waals surface area contributed by atoms with Crippen LogP contribution in [0.25, 0.3) is 6.08 Å². The molecule has 0 N–H and O–H groups in total. The zero-order valence-corrected chi connectivity index (χ0v) is 8.86. The Balaban J connectivity index is 2.95. The SMILES string of the molecule is C=C(C)/C(C)=C/c1ccc([N+](=O)[O-])cc1. The molecule has 1 rings (SSSR count). The molecule has 0 radical (unpaired) electrons. The van der Waals surface area contributed by atoms with Crippen LogP contribution >= 0.6 is 0 Å². The summed E-state index contributed by atoms with van der Waals surface area (Å²) in [4.78, 5) is 10.0. The minimum Gasteiger partial charge on any atom is -0.258 e. The van der Waals surface area contributed by atoms with Crippen LogP contribution in [0, 0.1) is 10.1 Å². The van der Waals surface area contributed by atoms with Gasteiger partial charge in [0.05, 0.1) is 4.92 Å². The van der Waals surface area contributed by atoms with Crippen molar-refractivity contribution in [3.8, 4) is 0 Å². The van der Waals surface area contributed by atoms with Crippen LogP contribution in [-0.2, 0) is 0 Å². The van der Waals surface area contributed by atoms with Gasteiger partial charge in [0.1, 0.15) is 0 Å². The largest absolute Gasteiger partial charge is 0.269 e. The molecule has 0 unspecified atom stereocenters. The highest BCUT2D eigenvalue weighted by atomic mass is 16.6. The van der Waals surface area contributed by atoms with Gasteiger partial charge in [-0.25, -0.2) is 0 Å². The number of nitro groups is 1. The topological polar surface area (TPSA) is 43.1 Å². The maximum absolute atomic E-state index is 10.4. The fourth-order valence-electron chi connectivity index (χ4n) is 1.07. The minimum atomic E-state index is -0.404. The van der Waals surface area contributed by atoms with Crippen molar-refractivity contribution < 1.29 is 4.92 Å². The van der Waals surface area contributed by atoms with Crippen molar-refractivity contribution in [3.05, 3.63) is 57.7 Å². The Bertz CT molecular complexity index is 416. The fourth-order valence-corrected chi connectivity index (χ4v) is 1.07. The van der Waals surface area contributed by atoms with Gasteiger partial charge in [0.25, 0.3) is 5.69 Å². The van der Waals surface area contributed by atoms with Crippen LogP contribution in [0.15, 0.2) is 42.0 Å². The molecule has 0 atom stereocenters. The van der Waals surface area contributed by atoms with E-state index < -0.39 is 4.92 Å². The van der Waals surface area contributed by atoms with Gasteiger partial charge in [0, 0.05) is 12.1 Å². The van der Waals surface area contributed by atoms with Gasteiger partial charge < -0.3 is 0 Å². The smallest absolute Gasteiger partial charge is 0.258 e. The van der Waals surface area contributed by atoms with Gasteiger partial charge in [-0.3, -0.25) is 10.1 Å². The van der Waals surface area contributed by atoms with Gasteiger partial charge in [-0.15, -0.1) is 0 Å². The van der Waals surface area contributed by atoms with Gasteiger partial charge in [0.15, 0.2) is 0 Å². The molecule has 0 saturated carbocycles. The van der Waals surface area contributed by atoms with E-state index >= 15 is 0 Å². The molecular weight excluding hydrogens is 190 g/mol. The van der Waals surface area contributed by atoms with Crippen molar-refractivity contribution in [2.75, 3.05) is 0 Å². The summed E-state index contributed by atoms with van der Waals surface area (Å²) in [6.07, 6.45) is 1.95. The van der Waals surface area contributed by atoms with E-state index in [1.807, 2.05) is 19.9 Å². The van der Waals surface area contributed by atoms with Crippen LogP contribution < -0.4 is 0 Å². The molecule has 0 aliphatic heterocycles. The molecule has 0 aliphatic carbocycles. The number of nitro benzene ring substituents is 1. The standard InChI is InChI=1S/C12H13NO2/c1-9(2)10(3)8-11-4-6-12(7-5-11)13(14)15/h4-8H,1H2,2-3H3/b10-8+. The van der Waals surface area contributed by atoms with Gasteiger partial charge in [-0.2, -0.15) is 0 Å². The summed E-state index contributed by atoms with van der Waals surface area (Å²) in [5, 5.41) is 10.4. The van der Waals surface area contributed by atoms with Crippen molar-refractivity contribution in [2.24, 2.45) is 0 Å². The Morgan fingerprint density at radius 3 is 2.27 bits per heavy atom. The Labute approximate surface area is 88.9 Å². The first kappa shape index (κ1) is 11.2. The third-order valence-corrected chi connectivity index (χ3v) is 2.16. The number of rotatable bonds is 3. The second kappa shape index (κ2) is 4.55. The number of allylic oxidation sites excluding steroid dienone is 2. The highest BCUT2D eigenvalue weighted by molar-refractivity contribution is 5.58. The van der Waals surface area contributed by atoms with E-state index in [4.69, 9.17) is 0 Å². The molecule has 3 heteroatoms. The van der Waals surface area contributed by atoms with Crippen LogP contribution in [0.3, 0.4) is 0 Å². The highest BCUT2D eigenvalue weighted by Crippen LogP contribution is 2.16. The van der Waals surface area contributed by atoms with E-state index in [-0.39, 0.29) is 5.69 Å². The Hall–Kier alpha value is -1.90.